The van der Waals surface area contributed by atoms with Gasteiger partial charge in [-0.15, -0.1) is 0 Å². The van der Waals surface area contributed by atoms with Gasteiger partial charge in [0, 0.05) is 16.8 Å². The lowest BCUT2D eigenvalue weighted by Crippen LogP contribution is -2.42. The van der Waals surface area contributed by atoms with Crippen LogP contribution >= 0.6 is 11.6 Å². The summed E-state index contributed by atoms with van der Waals surface area (Å²) in [5.74, 6) is 1.07. The summed E-state index contributed by atoms with van der Waals surface area (Å²) in [6.45, 7) is 2.74. The molecule has 0 saturated heterocycles. The van der Waals surface area contributed by atoms with Crippen LogP contribution in [-0.4, -0.2) is 32.2 Å². The number of halogens is 1. The third-order valence-electron chi connectivity index (χ3n) is 3.90. The summed E-state index contributed by atoms with van der Waals surface area (Å²) in [6.07, 6.45) is -0.0391. The van der Waals surface area contributed by atoms with E-state index in [4.69, 9.17) is 26.8 Å². The number of rotatable bonds is 4. The molecule has 2 aromatic carbocycles. The van der Waals surface area contributed by atoms with Crippen molar-refractivity contribution < 1.29 is 14.3 Å². The average molecular weight is 362 g/mol. The van der Waals surface area contributed by atoms with Crippen molar-refractivity contribution >= 4 is 34.6 Å². The lowest BCUT2D eigenvalue weighted by Gasteiger charge is -2.34. The third-order valence-corrected chi connectivity index (χ3v) is 4.14. The molecule has 0 spiro atoms. The smallest absolute Gasteiger partial charge is 0.243 e. The van der Waals surface area contributed by atoms with Gasteiger partial charge >= 0.3 is 0 Å². The summed E-state index contributed by atoms with van der Waals surface area (Å²) >= 11 is 6.00. The molecule has 0 aliphatic carbocycles. The van der Waals surface area contributed by atoms with E-state index in [1.807, 2.05) is 17.9 Å². The Bertz CT molecular complexity index is 797. The number of ether oxygens (including phenoxy) is 2. The van der Waals surface area contributed by atoms with Crippen molar-refractivity contribution in [3.63, 3.8) is 0 Å². The maximum atomic E-state index is 12.5. The lowest BCUT2D eigenvalue weighted by molar-refractivity contribution is -0.115. The second-order valence-corrected chi connectivity index (χ2v) is 6.37. The molecular weight excluding hydrogens is 342 g/mol. The van der Waals surface area contributed by atoms with E-state index in [2.05, 4.69) is 5.32 Å². The van der Waals surface area contributed by atoms with Gasteiger partial charge in [0.05, 0.1) is 31.6 Å². The number of amides is 1. The average Bonchev–Trinajstić information content (AvgIpc) is 2.54. The molecule has 1 heterocycles. The van der Waals surface area contributed by atoms with E-state index in [1.54, 1.807) is 37.4 Å². The summed E-state index contributed by atoms with van der Waals surface area (Å²) in [6, 6.07) is 10.5. The van der Waals surface area contributed by atoms with Crippen molar-refractivity contribution in [2.24, 2.45) is 0 Å². The van der Waals surface area contributed by atoms with Crippen LogP contribution in [0.5, 0.6) is 11.5 Å². The number of hydrogen-bond acceptors (Lipinski definition) is 5. The van der Waals surface area contributed by atoms with Crippen LogP contribution in [0.15, 0.2) is 36.4 Å². The summed E-state index contributed by atoms with van der Waals surface area (Å²) in [4.78, 5) is 14.5. The van der Waals surface area contributed by atoms with Gasteiger partial charge in [-0.3, -0.25) is 4.79 Å². The first-order chi connectivity index (χ1) is 12.0. The second-order valence-electron chi connectivity index (χ2n) is 5.93. The zero-order valence-electron chi connectivity index (χ0n) is 14.1. The highest BCUT2D eigenvalue weighted by Crippen LogP contribution is 2.35. The molecule has 0 bridgehead atoms. The largest absolute Gasteiger partial charge is 0.495 e. The van der Waals surface area contributed by atoms with Crippen molar-refractivity contribution in [2.75, 3.05) is 36.1 Å². The maximum Gasteiger partial charge on any atom is 0.243 e. The van der Waals surface area contributed by atoms with Crippen molar-refractivity contribution in [1.82, 2.24) is 0 Å². The molecule has 0 aromatic heterocycles. The normalized spacial score (nSPS) is 16.0. The minimum atomic E-state index is -0.169. The number of anilines is 3. The topological polar surface area (TPSA) is 76.8 Å². The fourth-order valence-corrected chi connectivity index (χ4v) is 3.01. The highest BCUT2D eigenvalue weighted by Gasteiger charge is 2.25. The van der Waals surface area contributed by atoms with Gasteiger partial charge in [0.25, 0.3) is 0 Å². The standard InChI is InChI=1S/C18H20ClN3O3/c1-11-9-22(15-5-4-13(20)8-17(15)25-11)10-18(23)21-14-7-12(19)3-6-16(14)24-2/h3-8,11H,9-10,20H2,1-2H3,(H,21,23). The first kappa shape index (κ1) is 17.2. The molecule has 0 radical (unpaired) electrons. The Labute approximate surface area is 151 Å². The molecule has 6 nitrogen and oxygen atoms in total. The Morgan fingerprint density at radius 1 is 1.40 bits per heavy atom. The van der Waals surface area contributed by atoms with Crippen molar-refractivity contribution in [3.05, 3.63) is 41.4 Å². The SMILES string of the molecule is COc1ccc(Cl)cc1NC(=O)CN1CC(C)Oc2cc(N)ccc21. The van der Waals surface area contributed by atoms with Crippen LogP contribution in [0, 0.1) is 0 Å². The molecule has 7 heteroatoms. The van der Waals surface area contributed by atoms with E-state index in [1.165, 1.54) is 0 Å². The van der Waals surface area contributed by atoms with Crippen LogP contribution in [0.2, 0.25) is 5.02 Å². The Balaban J connectivity index is 1.77. The van der Waals surface area contributed by atoms with Crippen LogP contribution in [0.25, 0.3) is 0 Å². The molecule has 1 aliphatic heterocycles. The molecule has 1 aliphatic rings. The molecular formula is C18H20ClN3O3. The van der Waals surface area contributed by atoms with E-state index in [-0.39, 0.29) is 18.6 Å². The molecule has 25 heavy (non-hydrogen) atoms. The minimum absolute atomic E-state index is 0.0391. The highest BCUT2D eigenvalue weighted by atomic mass is 35.5. The fraction of sp³-hybridized carbons (Fsp3) is 0.278. The number of carbonyl (C=O) groups is 1. The summed E-state index contributed by atoms with van der Waals surface area (Å²) < 4.78 is 11.1. The molecule has 0 saturated carbocycles. The van der Waals surface area contributed by atoms with E-state index >= 15 is 0 Å². The van der Waals surface area contributed by atoms with Crippen LogP contribution < -0.4 is 25.4 Å². The number of carbonyl (C=O) groups excluding carboxylic acids is 1. The summed E-state index contributed by atoms with van der Waals surface area (Å²) in [5, 5.41) is 3.38. The quantitative estimate of drug-likeness (QED) is 0.818. The van der Waals surface area contributed by atoms with E-state index in [0.29, 0.717) is 34.4 Å². The number of nitrogen functional groups attached to an aromatic ring is 1. The lowest BCUT2D eigenvalue weighted by atomic mass is 10.2. The molecule has 3 N–H and O–H groups in total. The zero-order chi connectivity index (χ0) is 18.0. The van der Waals surface area contributed by atoms with Crippen molar-refractivity contribution in [2.45, 2.75) is 13.0 Å². The molecule has 3 rings (SSSR count). The van der Waals surface area contributed by atoms with Crippen molar-refractivity contribution in [1.29, 1.82) is 0 Å². The predicted molar refractivity (Wildman–Crippen MR) is 99.8 cm³/mol. The van der Waals surface area contributed by atoms with Gasteiger partial charge < -0.3 is 25.4 Å². The monoisotopic (exact) mass is 361 g/mol. The maximum absolute atomic E-state index is 12.5. The van der Waals surface area contributed by atoms with Gasteiger partial charge in [-0.25, -0.2) is 0 Å². The molecule has 1 unspecified atom stereocenters. The minimum Gasteiger partial charge on any atom is -0.495 e. The number of methoxy groups -OCH3 is 1. The molecule has 1 amide bonds. The number of nitrogens with two attached hydrogens (primary N) is 1. The summed E-state index contributed by atoms with van der Waals surface area (Å²) in [7, 11) is 1.54. The number of nitrogens with zero attached hydrogens (tertiary/aromatic N) is 1. The number of fused-ring (bicyclic) bond motifs is 1. The molecule has 2 aromatic rings. The number of nitrogens with one attached hydrogen (secondary N) is 1. The molecule has 1 atom stereocenters. The van der Waals surface area contributed by atoms with Crippen LogP contribution in [-0.2, 0) is 4.79 Å². The van der Waals surface area contributed by atoms with Crippen LogP contribution in [0.4, 0.5) is 17.1 Å². The van der Waals surface area contributed by atoms with E-state index < -0.39 is 0 Å². The van der Waals surface area contributed by atoms with Crippen molar-refractivity contribution in [3.8, 4) is 11.5 Å². The number of benzene rings is 2. The fourth-order valence-electron chi connectivity index (χ4n) is 2.84. The van der Waals surface area contributed by atoms with Gasteiger partial charge in [0.2, 0.25) is 5.91 Å². The first-order valence-electron chi connectivity index (χ1n) is 7.91. The van der Waals surface area contributed by atoms with E-state index in [9.17, 15) is 4.79 Å². The first-order valence-corrected chi connectivity index (χ1v) is 8.28. The summed E-state index contributed by atoms with van der Waals surface area (Å²) in [5.41, 5.74) is 7.83. The van der Waals surface area contributed by atoms with Crippen LogP contribution in [0.1, 0.15) is 6.92 Å². The Morgan fingerprint density at radius 3 is 2.96 bits per heavy atom. The van der Waals surface area contributed by atoms with Gasteiger partial charge in [-0.1, -0.05) is 11.6 Å². The van der Waals surface area contributed by atoms with Gasteiger partial charge in [0.15, 0.2) is 0 Å². The number of hydrogen-bond donors (Lipinski definition) is 2. The molecule has 0 fully saturated rings. The van der Waals surface area contributed by atoms with Gasteiger partial charge in [-0.05, 0) is 37.3 Å². The Hall–Kier alpha value is -2.60. The highest BCUT2D eigenvalue weighted by molar-refractivity contribution is 6.31. The second kappa shape index (κ2) is 7.11. The van der Waals surface area contributed by atoms with Crippen LogP contribution in [0.3, 0.4) is 0 Å². The van der Waals surface area contributed by atoms with Gasteiger partial charge in [0.1, 0.15) is 17.6 Å². The Morgan fingerprint density at radius 2 is 2.20 bits per heavy atom. The van der Waals surface area contributed by atoms with E-state index in [0.717, 1.165) is 5.69 Å². The predicted octanol–water partition coefficient (Wildman–Crippen LogP) is 3.16. The zero-order valence-corrected chi connectivity index (χ0v) is 14.8. The Kier molecular flexibility index (Phi) is 4.90. The molecule has 132 valence electrons. The third kappa shape index (κ3) is 3.91. The van der Waals surface area contributed by atoms with Gasteiger partial charge in [-0.2, -0.15) is 0 Å².